The molecule has 2 aromatic rings. The summed E-state index contributed by atoms with van der Waals surface area (Å²) in [5.74, 6) is 0.816. The van der Waals surface area contributed by atoms with Crippen LogP contribution in [0.2, 0.25) is 0 Å². The second-order valence-corrected chi connectivity index (χ2v) is 4.50. The molecule has 0 saturated heterocycles. The summed E-state index contributed by atoms with van der Waals surface area (Å²) in [5, 5.41) is 3.35. The van der Waals surface area contributed by atoms with Gasteiger partial charge in [0.25, 0.3) is 0 Å². The highest BCUT2D eigenvalue weighted by Gasteiger charge is 2.02. The molecule has 0 bridgehead atoms. The number of rotatable bonds is 5. The predicted molar refractivity (Wildman–Crippen MR) is 71.1 cm³/mol. The molecule has 2 aromatic heterocycles. The van der Waals surface area contributed by atoms with E-state index in [2.05, 4.69) is 34.1 Å². The first-order valence-corrected chi connectivity index (χ1v) is 6.18. The van der Waals surface area contributed by atoms with Gasteiger partial charge in [-0.25, -0.2) is 9.97 Å². The minimum Gasteiger partial charge on any atom is -0.309 e. The number of nitrogens with one attached hydrogen (secondary N) is 1. The summed E-state index contributed by atoms with van der Waals surface area (Å²) in [6.45, 7) is 5.02. The molecule has 0 unspecified atom stereocenters. The van der Waals surface area contributed by atoms with Gasteiger partial charge in [-0.15, -0.1) is 0 Å². The molecule has 4 heteroatoms. The Bertz CT molecular complexity index is 482. The van der Waals surface area contributed by atoms with Gasteiger partial charge in [-0.05, 0) is 18.2 Å². The second kappa shape index (κ2) is 6.21. The molecule has 1 N–H and O–H groups in total. The van der Waals surface area contributed by atoms with Crippen LogP contribution in [-0.2, 0) is 13.0 Å². The Hall–Kier alpha value is -1.81. The third kappa shape index (κ3) is 3.89. The van der Waals surface area contributed by atoms with E-state index in [1.165, 1.54) is 0 Å². The van der Waals surface area contributed by atoms with Crippen molar-refractivity contribution in [2.24, 2.45) is 0 Å². The number of pyridine rings is 1. The van der Waals surface area contributed by atoms with Crippen LogP contribution in [0.25, 0.3) is 0 Å². The van der Waals surface area contributed by atoms with Crippen LogP contribution in [0.1, 0.15) is 31.1 Å². The van der Waals surface area contributed by atoms with Crippen molar-refractivity contribution in [1.29, 1.82) is 0 Å². The standard InChI is InChI=1S/C14H18N4/c1-11(2)17-10-13-6-8-16-14(18-13)9-12-5-3-4-7-15-12/h3-8,11,17H,9-10H2,1-2H3. The van der Waals surface area contributed by atoms with E-state index in [4.69, 9.17) is 0 Å². The summed E-state index contributed by atoms with van der Waals surface area (Å²) >= 11 is 0. The molecule has 18 heavy (non-hydrogen) atoms. The molecule has 0 spiro atoms. The third-order valence-electron chi connectivity index (χ3n) is 2.52. The lowest BCUT2D eigenvalue weighted by Crippen LogP contribution is -2.22. The smallest absolute Gasteiger partial charge is 0.134 e. The molecule has 0 saturated carbocycles. The van der Waals surface area contributed by atoms with Crippen molar-refractivity contribution in [3.63, 3.8) is 0 Å². The average Bonchev–Trinajstić information content (AvgIpc) is 2.38. The van der Waals surface area contributed by atoms with Gasteiger partial charge in [0, 0.05) is 30.7 Å². The van der Waals surface area contributed by atoms with Crippen LogP contribution in [0.5, 0.6) is 0 Å². The van der Waals surface area contributed by atoms with Gasteiger partial charge in [-0.2, -0.15) is 0 Å². The van der Waals surface area contributed by atoms with Crippen LogP contribution in [-0.4, -0.2) is 21.0 Å². The minimum atomic E-state index is 0.458. The molecule has 94 valence electrons. The first-order valence-electron chi connectivity index (χ1n) is 6.18. The highest BCUT2D eigenvalue weighted by atomic mass is 14.9. The van der Waals surface area contributed by atoms with E-state index in [1.54, 1.807) is 6.20 Å². The van der Waals surface area contributed by atoms with Gasteiger partial charge in [0.1, 0.15) is 5.82 Å². The molecular weight excluding hydrogens is 224 g/mol. The van der Waals surface area contributed by atoms with Crippen LogP contribution >= 0.6 is 0 Å². The predicted octanol–water partition coefficient (Wildman–Crippen LogP) is 1.96. The summed E-state index contributed by atoms with van der Waals surface area (Å²) in [4.78, 5) is 13.1. The molecule has 0 amide bonds. The zero-order chi connectivity index (χ0) is 12.8. The molecule has 0 aliphatic heterocycles. The van der Waals surface area contributed by atoms with Crippen molar-refractivity contribution in [3.05, 3.63) is 53.9 Å². The molecule has 0 atom stereocenters. The maximum atomic E-state index is 4.53. The second-order valence-electron chi connectivity index (χ2n) is 4.50. The zero-order valence-electron chi connectivity index (χ0n) is 10.8. The summed E-state index contributed by atoms with van der Waals surface area (Å²) in [6, 6.07) is 8.28. The van der Waals surface area contributed by atoms with Gasteiger partial charge in [0.05, 0.1) is 12.1 Å². The Morgan fingerprint density at radius 1 is 1.06 bits per heavy atom. The lowest BCUT2D eigenvalue weighted by Gasteiger charge is -2.08. The molecule has 0 fully saturated rings. The van der Waals surface area contributed by atoms with E-state index in [9.17, 15) is 0 Å². The zero-order valence-corrected chi connectivity index (χ0v) is 10.8. The normalized spacial score (nSPS) is 10.8. The van der Waals surface area contributed by atoms with Gasteiger partial charge >= 0.3 is 0 Å². The lowest BCUT2D eigenvalue weighted by atomic mass is 10.2. The topological polar surface area (TPSA) is 50.7 Å². The molecule has 0 aliphatic rings. The Kier molecular flexibility index (Phi) is 4.36. The fraction of sp³-hybridized carbons (Fsp3) is 0.357. The minimum absolute atomic E-state index is 0.458. The molecule has 0 aromatic carbocycles. The Labute approximate surface area is 108 Å². The fourth-order valence-electron chi connectivity index (χ4n) is 1.60. The Morgan fingerprint density at radius 2 is 1.94 bits per heavy atom. The molecule has 0 radical (unpaired) electrons. The number of hydrogen-bond acceptors (Lipinski definition) is 4. The van der Waals surface area contributed by atoms with Crippen molar-refractivity contribution < 1.29 is 0 Å². The van der Waals surface area contributed by atoms with E-state index in [-0.39, 0.29) is 0 Å². The van der Waals surface area contributed by atoms with Gasteiger partial charge in [-0.1, -0.05) is 19.9 Å². The first kappa shape index (κ1) is 12.6. The number of nitrogens with zero attached hydrogens (tertiary/aromatic N) is 3. The van der Waals surface area contributed by atoms with Gasteiger partial charge in [-0.3, -0.25) is 4.98 Å². The van der Waals surface area contributed by atoms with Crippen molar-refractivity contribution in [1.82, 2.24) is 20.3 Å². The van der Waals surface area contributed by atoms with Gasteiger partial charge < -0.3 is 5.32 Å². The van der Waals surface area contributed by atoms with Crippen LogP contribution in [0.4, 0.5) is 0 Å². The quantitative estimate of drug-likeness (QED) is 0.870. The van der Waals surface area contributed by atoms with Crippen molar-refractivity contribution in [2.75, 3.05) is 0 Å². The van der Waals surface area contributed by atoms with Crippen LogP contribution in [0, 0.1) is 0 Å². The summed E-state index contributed by atoms with van der Waals surface area (Å²) < 4.78 is 0. The summed E-state index contributed by atoms with van der Waals surface area (Å²) in [7, 11) is 0. The number of hydrogen-bond donors (Lipinski definition) is 1. The van der Waals surface area contributed by atoms with Gasteiger partial charge in [0.2, 0.25) is 0 Å². The highest BCUT2D eigenvalue weighted by molar-refractivity contribution is 5.11. The van der Waals surface area contributed by atoms with E-state index >= 15 is 0 Å². The van der Waals surface area contributed by atoms with Crippen molar-refractivity contribution in [3.8, 4) is 0 Å². The fourth-order valence-corrected chi connectivity index (χ4v) is 1.60. The largest absolute Gasteiger partial charge is 0.309 e. The Balaban J connectivity index is 2.03. The van der Waals surface area contributed by atoms with Crippen molar-refractivity contribution >= 4 is 0 Å². The molecular formula is C14H18N4. The maximum Gasteiger partial charge on any atom is 0.134 e. The summed E-state index contributed by atoms with van der Waals surface area (Å²) in [6.07, 6.45) is 4.28. The van der Waals surface area contributed by atoms with Crippen molar-refractivity contribution in [2.45, 2.75) is 32.9 Å². The summed E-state index contributed by atoms with van der Waals surface area (Å²) in [5.41, 5.74) is 2.01. The van der Waals surface area contributed by atoms with Gasteiger partial charge in [0.15, 0.2) is 0 Å². The monoisotopic (exact) mass is 242 g/mol. The molecule has 4 nitrogen and oxygen atoms in total. The van der Waals surface area contributed by atoms with E-state index in [0.717, 1.165) is 23.8 Å². The Morgan fingerprint density at radius 3 is 2.67 bits per heavy atom. The van der Waals surface area contributed by atoms with E-state index in [0.29, 0.717) is 12.5 Å². The lowest BCUT2D eigenvalue weighted by molar-refractivity contribution is 0.579. The van der Waals surface area contributed by atoms with Crippen LogP contribution < -0.4 is 5.32 Å². The molecule has 2 heterocycles. The maximum absolute atomic E-state index is 4.53. The van der Waals surface area contributed by atoms with Crippen LogP contribution in [0.3, 0.4) is 0 Å². The number of aromatic nitrogens is 3. The van der Waals surface area contributed by atoms with Crippen LogP contribution in [0.15, 0.2) is 36.7 Å². The van der Waals surface area contributed by atoms with E-state index in [1.807, 2.05) is 30.5 Å². The molecule has 0 aliphatic carbocycles. The van der Waals surface area contributed by atoms with E-state index < -0.39 is 0 Å². The third-order valence-corrected chi connectivity index (χ3v) is 2.52. The average molecular weight is 242 g/mol. The highest BCUT2D eigenvalue weighted by Crippen LogP contribution is 2.03. The first-order chi connectivity index (χ1) is 8.74. The SMILES string of the molecule is CC(C)NCc1ccnc(Cc2ccccn2)n1. The molecule has 2 rings (SSSR count).